The Morgan fingerprint density at radius 3 is 2.76 bits per heavy atom. The van der Waals surface area contributed by atoms with Crippen molar-refractivity contribution in [2.45, 2.75) is 36.7 Å². The van der Waals surface area contributed by atoms with Crippen molar-refractivity contribution in [1.82, 2.24) is 20.2 Å². The predicted octanol–water partition coefficient (Wildman–Crippen LogP) is 2.30. The van der Waals surface area contributed by atoms with E-state index in [4.69, 9.17) is 17.3 Å². The first-order chi connectivity index (χ1) is 15.8. The molecule has 2 aliphatic heterocycles. The summed E-state index contributed by atoms with van der Waals surface area (Å²) in [6, 6.07) is 0.579. The molecule has 2 aliphatic rings. The van der Waals surface area contributed by atoms with Crippen LogP contribution in [0.4, 0.5) is 5.13 Å². The number of nitrogens with one attached hydrogen (secondary N) is 1. The van der Waals surface area contributed by atoms with E-state index >= 15 is 0 Å². The number of hydrogen-bond acceptors (Lipinski definition) is 10. The van der Waals surface area contributed by atoms with Crippen molar-refractivity contribution in [3.05, 3.63) is 55.6 Å². The van der Waals surface area contributed by atoms with E-state index in [2.05, 4.69) is 20.5 Å². The second kappa shape index (κ2) is 9.45. The van der Waals surface area contributed by atoms with Crippen LogP contribution in [-0.4, -0.2) is 49.8 Å². The van der Waals surface area contributed by atoms with Gasteiger partial charge in [-0.25, -0.2) is 9.78 Å². The van der Waals surface area contributed by atoms with E-state index in [1.54, 1.807) is 12.4 Å². The van der Waals surface area contributed by atoms with E-state index in [1.165, 1.54) is 16.7 Å². The van der Waals surface area contributed by atoms with Gasteiger partial charge >= 0.3 is 5.97 Å². The third-order valence-corrected chi connectivity index (χ3v) is 7.63. The summed E-state index contributed by atoms with van der Waals surface area (Å²) < 4.78 is 0.0541. The van der Waals surface area contributed by atoms with E-state index in [0.29, 0.717) is 23.5 Å². The molecule has 1 unspecified atom stereocenters. The number of allylic oxidation sites excluding steroid dienone is 1. The molecule has 2 aromatic heterocycles. The number of β-lactam (4-membered cyclic amide) rings is 1. The van der Waals surface area contributed by atoms with Crippen LogP contribution < -0.4 is 11.1 Å². The second-order valence-electron chi connectivity index (χ2n) is 7.24. The van der Waals surface area contributed by atoms with Crippen LogP contribution in [0.15, 0.2) is 40.3 Å². The standard InChI is InChI=1S/C19H17ClN6O5S2/c20-15-12(24-19(21)33-15)13(25-31)16(27)23-11-9-1-2-10(14(18(29)30)26(9)17(11)28)32-7-8-3-5-22-6-4-8/h3-6,9,11,13H,1-2,7H2,(H2,21,24)(H,23,27)(H,29,30)/t9-,11+,13?/m1/s1. The molecule has 0 saturated carbocycles. The Hall–Kier alpha value is -3.03. The second-order valence-corrected chi connectivity index (χ2v) is 9.94. The van der Waals surface area contributed by atoms with Gasteiger partial charge < -0.3 is 16.2 Å². The Kier molecular flexibility index (Phi) is 6.63. The molecule has 0 aromatic carbocycles. The number of thioether (sulfide) groups is 1. The molecular formula is C19H17ClN6O5S2. The Bertz CT molecular complexity index is 1160. The van der Waals surface area contributed by atoms with Gasteiger partial charge in [0.25, 0.3) is 11.8 Å². The van der Waals surface area contributed by atoms with Gasteiger partial charge in [-0.1, -0.05) is 22.9 Å². The fraction of sp³-hybridized carbons (Fsp3) is 0.316. The number of pyridine rings is 1. The minimum absolute atomic E-state index is 0.0541. The van der Waals surface area contributed by atoms with Gasteiger partial charge in [0.1, 0.15) is 21.8 Å². The molecule has 14 heteroatoms. The van der Waals surface area contributed by atoms with Crippen LogP contribution in [0, 0.1) is 4.91 Å². The van der Waals surface area contributed by atoms with Crippen LogP contribution in [-0.2, 0) is 20.1 Å². The number of fused-ring (bicyclic) bond motifs is 1. The summed E-state index contributed by atoms with van der Waals surface area (Å²) in [4.78, 5) is 58.3. The van der Waals surface area contributed by atoms with E-state index in [-0.39, 0.29) is 20.9 Å². The van der Waals surface area contributed by atoms with Crippen molar-refractivity contribution in [2.24, 2.45) is 5.18 Å². The lowest BCUT2D eigenvalue weighted by Crippen LogP contribution is -2.71. The smallest absolute Gasteiger partial charge is 0.353 e. The van der Waals surface area contributed by atoms with Crippen molar-refractivity contribution < 1.29 is 19.5 Å². The molecule has 11 nitrogen and oxygen atoms in total. The fourth-order valence-electron chi connectivity index (χ4n) is 3.77. The number of thiazole rings is 1. The van der Waals surface area contributed by atoms with Gasteiger partial charge in [-0.3, -0.25) is 19.5 Å². The van der Waals surface area contributed by atoms with Crippen LogP contribution >= 0.6 is 34.7 Å². The van der Waals surface area contributed by atoms with Gasteiger partial charge in [0, 0.05) is 23.1 Å². The van der Waals surface area contributed by atoms with E-state index < -0.39 is 35.9 Å². The Morgan fingerprint density at radius 2 is 2.15 bits per heavy atom. The topological polar surface area (TPSA) is 168 Å². The third-order valence-electron chi connectivity index (χ3n) is 5.29. The number of amides is 2. The zero-order valence-corrected chi connectivity index (χ0v) is 19.2. The van der Waals surface area contributed by atoms with Crippen molar-refractivity contribution in [3.63, 3.8) is 0 Å². The predicted molar refractivity (Wildman–Crippen MR) is 122 cm³/mol. The van der Waals surface area contributed by atoms with Gasteiger partial charge in [-0.15, -0.1) is 16.7 Å². The number of carboxylic acids is 1. The number of aromatic nitrogens is 2. The number of nitrogens with zero attached hydrogens (tertiary/aromatic N) is 4. The number of nitrogen functional groups attached to an aromatic ring is 1. The SMILES string of the molecule is Nc1nc(C(N=O)C(=O)N[C@@H]2C(=O)N3C(C(=O)O)=C(SCc4ccncc4)CC[C@H]23)c(Cl)s1. The normalized spacial score (nSPS) is 20.6. The number of nitroso groups, excluding NO2 is 1. The third kappa shape index (κ3) is 4.43. The molecule has 0 radical (unpaired) electrons. The lowest BCUT2D eigenvalue weighted by molar-refractivity contribution is -0.156. The molecule has 4 heterocycles. The highest BCUT2D eigenvalue weighted by atomic mass is 35.5. The Morgan fingerprint density at radius 1 is 1.42 bits per heavy atom. The molecule has 172 valence electrons. The van der Waals surface area contributed by atoms with Crippen molar-refractivity contribution in [1.29, 1.82) is 0 Å². The maximum atomic E-state index is 12.8. The highest BCUT2D eigenvalue weighted by molar-refractivity contribution is 8.02. The maximum Gasteiger partial charge on any atom is 0.353 e. The molecule has 4 rings (SSSR count). The monoisotopic (exact) mass is 508 g/mol. The van der Waals surface area contributed by atoms with Gasteiger partial charge in [0.15, 0.2) is 5.13 Å². The number of nitrogens with two attached hydrogens (primary N) is 1. The molecule has 2 aromatic rings. The highest BCUT2D eigenvalue weighted by Gasteiger charge is 2.54. The molecule has 1 saturated heterocycles. The first kappa shape index (κ1) is 23.1. The minimum Gasteiger partial charge on any atom is -0.477 e. The number of aliphatic carboxylic acids is 1. The maximum absolute atomic E-state index is 12.8. The zero-order valence-electron chi connectivity index (χ0n) is 16.8. The summed E-state index contributed by atoms with van der Waals surface area (Å²) >= 11 is 8.22. The largest absolute Gasteiger partial charge is 0.477 e. The molecule has 0 spiro atoms. The van der Waals surface area contributed by atoms with Gasteiger partial charge in [-0.2, -0.15) is 0 Å². The first-order valence-electron chi connectivity index (χ1n) is 9.67. The summed E-state index contributed by atoms with van der Waals surface area (Å²) in [6.07, 6.45) is 4.19. The van der Waals surface area contributed by atoms with Crippen LogP contribution in [0.1, 0.15) is 30.1 Å². The molecule has 1 fully saturated rings. The number of carboxylic acid groups (broad SMARTS) is 1. The van der Waals surface area contributed by atoms with E-state index in [9.17, 15) is 24.4 Å². The number of anilines is 1. The number of hydrogen-bond donors (Lipinski definition) is 3. The molecule has 0 aliphatic carbocycles. The van der Waals surface area contributed by atoms with Gasteiger partial charge in [-0.05, 0) is 35.7 Å². The van der Waals surface area contributed by atoms with Crippen LogP contribution in [0.5, 0.6) is 0 Å². The molecule has 3 atom stereocenters. The number of carbonyl (C=O) groups is 3. The molecule has 33 heavy (non-hydrogen) atoms. The van der Waals surface area contributed by atoms with E-state index in [1.807, 2.05) is 12.1 Å². The summed E-state index contributed by atoms with van der Waals surface area (Å²) in [5.74, 6) is -2.10. The summed E-state index contributed by atoms with van der Waals surface area (Å²) in [6.45, 7) is 0. The molecule has 2 amide bonds. The lowest BCUT2D eigenvalue weighted by Gasteiger charge is -2.50. The molecule has 0 bridgehead atoms. The van der Waals surface area contributed by atoms with Crippen molar-refractivity contribution in [3.8, 4) is 0 Å². The van der Waals surface area contributed by atoms with Crippen molar-refractivity contribution in [2.75, 3.05) is 5.73 Å². The number of carbonyl (C=O) groups excluding carboxylic acids is 2. The fourth-order valence-corrected chi connectivity index (χ4v) is 5.86. The quantitative estimate of drug-likeness (QED) is 0.357. The lowest BCUT2D eigenvalue weighted by atomic mass is 9.86. The van der Waals surface area contributed by atoms with Gasteiger partial charge in [0.2, 0.25) is 6.04 Å². The number of rotatable bonds is 8. The summed E-state index contributed by atoms with van der Waals surface area (Å²) in [7, 11) is 0. The van der Waals surface area contributed by atoms with Crippen LogP contribution in [0.25, 0.3) is 0 Å². The van der Waals surface area contributed by atoms with Crippen molar-refractivity contribution >= 4 is 57.6 Å². The summed E-state index contributed by atoms with van der Waals surface area (Å²) in [5, 5.41) is 15.1. The van der Waals surface area contributed by atoms with Crippen LogP contribution in [0.2, 0.25) is 4.34 Å². The Balaban J connectivity index is 1.48. The zero-order chi connectivity index (χ0) is 23.7. The average molecular weight is 509 g/mol. The number of halogens is 1. The van der Waals surface area contributed by atoms with E-state index in [0.717, 1.165) is 16.9 Å². The Labute approximate surface area is 200 Å². The minimum atomic E-state index is -1.57. The van der Waals surface area contributed by atoms with Gasteiger partial charge in [0.05, 0.1) is 6.04 Å². The highest BCUT2D eigenvalue weighted by Crippen LogP contribution is 2.42. The van der Waals surface area contributed by atoms with Crippen LogP contribution in [0.3, 0.4) is 0 Å². The summed E-state index contributed by atoms with van der Waals surface area (Å²) in [5.41, 5.74) is 6.37. The average Bonchev–Trinajstić information content (AvgIpc) is 3.13. The molecule has 4 N–H and O–H groups in total. The first-order valence-corrected chi connectivity index (χ1v) is 11.9. The molecular weight excluding hydrogens is 492 g/mol.